The summed E-state index contributed by atoms with van der Waals surface area (Å²) in [4.78, 5) is 3.81. The summed E-state index contributed by atoms with van der Waals surface area (Å²) in [5.74, 6) is 0. The van der Waals surface area contributed by atoms with E-state index in [1.54, 1.807) is 6.07 Å². The molecule has 0 saturated carbocycles. The molecule has 110 valence electrons. The van der Waals surface area contributed by atoms with Gasteiger partial charge in [-0.25, -0.2) is 26.2 Å². The Kier molecular flexibility index (Phi) is 3.48. The Hall–Kier alpha value is -2.22. The van der Waals surface area contributed by atoms with Crippen LogP contribution in [-0.4, -0.2) is 25.2 Å². The van der Waals surface area contributed by atoms with Gasteiger partial charge >= 0.3 is 0 Å². The van der Waals surface area contributed by atoms with Gasteiger partial charge in [0, 0.05) is 11.6 Å². The van der Waals surface area contributed by atoms with Crippen molar-refractivity contribution in [3.8, 4) is 0 Å². The van der Waals surface area contributed by atoms with Gasteiger partial charge in [-0.3, -0.25) is 0 Å². The Morgan fingerprint density at radius 2 is 1.82 bits per heavy atom. The van der Waals surface area contributed by atoms with Crippen LogP contribution in [0.2, 0.25) is 0 Å². The smallest absolute Gasteiger partial charge is 0.237 e. The number of aromatic nitrogens is 2. The molecule has 0 aliphatic rings. The fourth-order valence-corrected chi connectivity index (χ4v) is 3.71. The lowest BCUT2D eigenvalue weighted by Gasteiger charge is -2.10. The zero-order valence-corrected chi connectivity index (χ0v) is 12.0. The molecule has 0 aliphatic heterocycles. The molecule has 0 bridgehead atoms. The monoisotopic (exact) mass is 318 g/mol. The van der Waals surface area contributed by atoms with Crippen LogP contribution >= 0.6 is 0 Å². The number of hydrogen-bond donors (Lipinski definition) is 0. The molecule has 8 heteroatoms. The average molecular weight is 318 g/mol. The lowest BCUT2D eigenvalue weighted by atomic mass is 9.94. The van der Waals surface area contributed by atoms with Crippen LogP contribution in [0.15, 0.2) is 53.6 Å². The summed E-state index contributed by atoms with van der Waals surface area (Å²) in [6.45, 7) is 0. The minimum atomic E-state index is -4.20. The van der Waals surface area contributed by atoms with Crippen LogP contribution in [0.25, 0.3) is 11.0 Å². The molecular formula is C14H9BF2N2O2S. The van der Waals surface area contributed by atoms with E-state index in [2.05, 4.69) is 4.98 Å². The third-order valence-corrected chi connectivity index (χ3v) is 4.96. The number of fused-ring (bicyclic) bond motifs is 1. The summed E-state index contributed by atoms with van der Waals surface area (Å²) in [5, 5.41) is 0.178. The molecule has 2 heterocycles. The number of nitrogens with zero attached hydrogens (tertiary/aromatic N) is 2. The van der Waals surface area contributed by atoms with Gasteiger partial charge in [-0.1, -0.05) is 29.7 Å². The maximum absolute atomic E-state index is 13.3. The second-order valence-electron chi connectivity index (χ2n) is 4.59. The number of alkyl halides is 2. The molecule has 0 unspecified atom stereocenters. The fraction of sp³-hybridized carbons (Fsp3) is 0.0714. The van der Waals surface area contributed by atoms with Crippen molar-refractivity contribution in [1.29, 1.82) is 0 Å². The molecule has 0 atom stereocenters. The quantitative estimate of drug-likeness (QED) is 0.694. The molecule has 1 aromatic carbocycles. The Morgan fingerprint density at radius 3 is 2.45 bits per heavy atom. The molecule has 4 nitrogen and oxygen atoms in total. The number of halogens is 2. The van der Waals surface area contributed by atoms with Gasteiger partial charge in [-0.2, -0.15) is 0 Å². The first kappa shape index (κ1) is 14.7. The second kappa shape index (κ2) is 5.21. The van der Waals surface area contributed by atoms with Gasteiger partial charge in [0.25, 0.3) is 16.4 Å². The molecule has 3 rings (SSSR count). The van der Waals surface area contributed by atoms with Crippen molar-refractivity contribution in [3.05, 3.63) is 54.4 Å². The van der Waals surface area contributed by atoms with E-state index in [1.165, 1.54) is 36.5 Å². The first-order chi connectivity index (χ1) is 10.4. The van der Waals surface area contributed by atoms with E-state index in [9.17, 15) is 17.2 Å². The molecule has 0 spiro atoms. The van der Waals surface area contributed by atoms with Crippen molar-refractivity contribution in [1.82, 2.24) is 8.96 Å². The molecule has 2 aromatic heterocycles. The minimum Gasteiger partial charge on any atom is -0.237 e. The van der Waals surface area contributed by atoms with Gasteiger partial charge in [-0.05, 0) is 18.2 Å². The Balaban J connectivity index is 2.40. The lowest BCUT2D eigenvalue weighted by molar-refractivity contribution is 0.145. The average Bonchev–Trinajstić information content (AvgIpc) is 2.90. The highest BCUT2D eigenvalue weighted by Crippen LogP contribution is 2.29. The molecular weight excluding hydrogens is 309 g/mol. The Morgan fingerprint density at radius 1 is 1.14 bits per heavy atom. The van der Waals surface area contributed by atoms with Gasteiger partial charge in [0.05, 0.1) is 4.90 Å². The molecule has 3 aromatic rings. The van der Waals surface area contributed by atoms with Crippen molar-refractivity contribution in [2.75, 3.05) is 0 Å². The van der Waals surface area contributed by atoms with Gasteiger partial charge in [0.15, 0.2) is 5.65 Å². The second-order valence-corrected chi connectivity index (χ2v) is 6.38. The maximum Gasteiger partial charge on any atom is 0.279 e. The van der Waals surface area contributed by atoms with Crippen LogP contribution in [0.5, 0.6) is 0 Å². The standard InChI is InChI=1S/C14H9BF2N2O2S/c15-11-6-7-18-14-10(11)8-12(13(16)17)19(14)22(20,21)9-4-2-1-3-5-9/h1-8,13H. The minimum absolute atomic E-state index is 0.0985. The highest BCUT2D eigenvalue weighted by Gasteiger charge is 2.28. The zero-order chi connectivity index (χ0) is 15.9. The number of pyridine rings is 1. The first-order valence-electron chi connectivity index (χ1n) is 6.27. The van der Waals surface area contributed by atoms with Crippen LogP contribution in [0, 0.1) is 0 Å². The molecule has 0 fully saturated rings. The van der Waals surface area contributed by atoms with Crippen molar-refractivity contribution < 1.29 is 17.2 Å². The molecule has 0 saturated heterocycles. The maximum atomic E-state index is 13.3. The largest absolute Gasteiger partial charge is 0.279 e. The van der Waals surface area contributed by atoms with E-state index in [0.717, 1.165) is 6.07 Å². The summed E-state index contributed by atoms with van der Waals surface area (Å²) in [7, 11) is 1.53. The first-order valence-corrected chi connectivity index (χ1v) is 7.71. The highest BCUT2D eigenvalue weighted by atomic mass is 32.2. The highest BCUT2D eigenvalue weighted by molar-refractivity contribution is 7.90. The number of rotatable bonds is 3. The summed E-state index contributed by atoms with van der Waals surface area (Å²) in [6.07, 6.45) is -1.70. The SMILES string of the molecule is [B]c1ccnc2c1cc(C(F)F)n2S(=O)(=O)c1ccccc1. The molecule has 2 radical (unpaired) electrons. The van der Waals surface area contributed by atoms with Crippen molar-refractivity contribution >= 4 is 34.4 Å². The summed E-state index contributed by atoms with van der Waals surface area (Å²) < 4.78 is 52.5. The van der Waals surface area contributed by atoms with Gasteiger partial charge in [-0.15, -0.1) is 0 Å². The van der Waals surface area contributed by atoms with E-state index in [4.69, 9.17) is 7.85 Å². The van der Waals surface area contributed by atoms with Crippen LogP contribution in [0.1, 0.15) is 12.1 Å². The molecule has 22 heavy (non-hydrogen) atoms. The summed E-state index contributed by atoms with van der Waals surface area (Å²) >= 11 is 0. The fourth-order valence-electron chi connectivity index (χ4n) is 2.22. The van der Waals surface area contributed by atoms with E-state index in [0.29, 0.717) is 3.97 Å². The molecule has 0 aliphatic carbocycles. The Labute approximate surface area is 126 Å². The van der Waals surface area contributed by atoms with Crippen LogP contribution in [-0.2, 0) is 10.0 Å². The number of benzene rings is 1. The topological polar surface area (TPSA) is 52.0 Å². The predicted octanol–water partition coefficient (Wildman–Crippen LogP) is 2.00. The summed E-state index contributed by atoms with van der Waals surface area (Å²) in [6, 6.07) is 9.83. The third-order valence-electron chi connectivity index (χ3n) is 3.23. The van der Waals surface area contributed by atoms with E-state index in [-0.39, 0.29) is 21.4 Å². The van der Waals surface area contributed by atoms with E-state index in [1.807, 2.05) is 0 Å². The normalized spacial score (nSPS) is 12.1. The van der Waals surface area contributed by atoms with Crippen LogP contribution in [0.4, 0.5) is 8.78 Å². The van der Waals surface area contributed by atoms with Gasteiger partial charge < -0.3 is 0 Å². The Bertz CT molecular complexity index is 940. The van der Waals surface area contributed by atoms with E-state index >= 15 is 0 Å². The van der Waals surface area contributed by atoms with Gasteiger partial charge in [0.1, 0.15) is 13.5 Å². The number of hydrogen-bond acceptors (Lipinski definition) is 3. The van der Waals surface area contributed by atoms with Crippen LogP contribution in [0.3, 0.4) is 0 Å². The van der Waals surface area contributed by atoms with Gasteiger partial charge in [0.2, 0.25) is 0 Å². The predicted molar refractivity (Wildman–Crippen MR) is 79.1 cm³/mol. The summed E-state index contributed by atoms with van der Waals surface area (Å²) in [5.41, 5.74) is -0.586. The van der Waals surface area contributed by atoms with Crippen molar-refractivity contribution in [3.63, 3.8) is 0 Å². The lowest BCUT2D eigenvalue weighted by Crippen LogP contribution is -2.17. The van der Waals surface area contributed by atoms with Crippen molar-refractivity contribution in [2.45, 2.75) is 11.3 Å². The van der Waals surface area contributed by atoms with E-state index < -0.39 is 22.1 Å². The van der Waals surface area contributed by atoms with Crippen molar-refractivity contribution in [2.24, 2.45) is 0 Å². The molecule has 0 amide bonds. The third kappa shape index (κ3) is 2.19. The molecule has 0 N–H and O–H groups in total. The zero-order valence-electron chi connectivity index (χ0n) is 11.1. The van der Waals surface area contributed by atoms with Crippen LogP contribution < -0.4 is 5.46 Å².